The molecule has 0 aromatic heterocycles. The third kappa shape index (κ3) is 4.59. The molecule has 0 aliphatic carbocycles. The quantitative estimate of drug-likeness (QED) is 0.543. The van der Waals surface area contributed by atoms with Gasteiger partial charge in [-0.15, -0.1) is 0 Å². The van der Waals surface area contributed by atoms with Gasteiger partial charge < -0.3 is 4.74 Å². The van der Waals surface area contributed by atoms with Gasteiger partial charge in [-0.1, -0.05) is 56.1 Å². The van der Waals surface area contributed by atoms with Gasteiger partial charge in [0.1, 0.15) is 0 Å². The van der Waals surface area contributed by atoms with Crippen LogP contribution in [-0.4, -0.2) is 18.4 Å². The largest absolute Gasteiger partial charge is 0.454 e. The predicted octanol–water partition coefficient (Wildman–Crippen LogP) is 5.33. The van der Waals surface area contributed by atoms with Crippen LogP contribution in [0.2, 0.25) is 10.0 Å². The smallest absolute Gasteiger partial charge is 0.338 e. The molecule has 0 amide bonds. The first-order valence-corrected chi connectivity index (χ1v) is 8.20. The highest BCUT2D eigenvalue weighted by Gasteiger charge is 2.17. The van der Waals surface area contributed by atoms with Crippen molar-refractivity contribution in [3.8, 4) is 0 Å². The van der Waals surface area contributed by atoms with Gasteiger partial charge in [-0.3, -0.25) is 4.79 Å². The molecule has 24 heavy (non-hydrogen) atoms. The lowest BCUT2D eigenvalue weighted by Crippen LogP contribution is -2.15. The lowest BCUT2D eigenvalue weighted by Gasteiger charge is -2.18. The van der Waals surface area contributed by atoms with Crippen LogP contribution >= 0.6 is 23.2 Å². The maximum atomic E-state index is 12.1. The molecular formula is C19H18Cl2O3. The van der Waals surface area contributed by atoms with E-state index in [9.17, 15) is 9.59 Å². The number of Topliss-reactive ketones (excluding diaryl/α,β-unsaturated/α-hetero) is 1. The van der Waals surface area contributed by atoms with Crippen LogP contribution in [-0.2, 0) is 10.2 Å². The molecule has 0 radical (unpaired) electrons. The average molecular weight is 365 g/mol. The van der Waals surface area contributed by atoms with Gasteiger partial charge in [-0.2, -0.15) is 0 Å². The van der Waals surface area contributed by atoms with E-state index in [4.69, 9.17) is 27.9 Å². The third-order valence-corrected chi connectivity index (χ3v) is 4.10. The van der Waals surface area contributed by atoms with Gasteiger partial charge >= 0.3 is 5.97 Å². The molecule has 2 aromatic carbocycles. The Bertz CT molecular complexity index is 759. The van der Waals surface area contributed by atoms with E-state index in [1.807, 2.05) is 12.1 Å². The summed E-state index contributed by atoms with van der Waals surface area (Å²) in [5.74, 6) is -0.926. The number of rotatable bonds is 4. The first-order chi connectivity index (χ1) is 11.2. The minimum Gasteiger partial charge on any atom is -0.454 e. The summed E-state index contributed by atoms with van der Waals surface area (Å²) < 4.78 is 5.07. The summed E-state index contributed by atoms with van der Waals surface area (Å²) in [6.07, 6.45) is 0. The first kappa shape index (κ1) is 18.5. The molecule has 2 rings (SSSR count). The molecule has 0 spiro atoms. The molecule has 0 heterocycles. The van der Waals surface area contributed by atoms with E-state index in [2.05, 4.69) is 20.8 Å². The van der Waals surface area contributed by atoms with Crippen LogP contribution in [0.4, 0.5) is 0 Å². The number of halogens is 2. The standard InChI is InChI=1S/C19H18Cl2O3/c1-19(2,3)13-6-4-12(5-7-13)18(23)24-11-17(22)15-9-8-14(20)10-16(15)21/h4-10H,11H2,1-3H3. The summed E-state index contributed by atoms with van der Waals surface area (Å²) >= 11 is 11.8. The minimum atomic E-state index is -0.547. The number of esters is 1. The van der Waals surface area contributed by atoms with Gasteiger partial charge in [-0.25, -0.2) is 4.79 Å². The lowest BCUT2D eigenvalue weighted by molar-refractivity contribution is 0.0474. The number of carbonyl (C=O) groups excluding carboxylic acids is 2. The van der Waals surface area contributed by atoms with Crippen LogP contribution in [0.15, 0.2) is 42.5 Å². The summed E-state index contributed by atoms with van der Waals surface area (Å²) in [5.41, 5.74) is 1.79. The molecule has 0 saturated heterocycles. The maximum absolute atomic E-state index is 12.1. The van der Waals surface area contributed by atoms with E-state index in [0.717, 1.165) is 5.56 Å². The van der Waals surface area contributed by atoms with Crippen molar-refractivity contribution in [2.75, 3.05) is 6.61 Å². The Hall–Kier alpha value is -1.84. The number of benzene rings is 2. The number of carbonyl (C=O) groups is 2. The monoisotopic (exact) mass is 364 g/mol. The number of hydrogen-bond acceptors (Lipinski definition) is 3. The van der Waals surface area contributed by atoms with Gasteiger partial charge in [-0.05, 0) is 41.3 Å². The molecule has 3 nitrogen and oxygen atoms in total. The van der Waals surface area contributed by atoms with E-state index < -0.39 is 5.97 Å². The van der Waals surface area contributed by atoms with E-state index in [1.165, 1.54) is 12.1 Å². The average Bonchev–Trinajstić information content (AvgIpc) is 2.51. The molecule has 126 valence electrons. The van der Waals surface area contributed by atoms with Crippen molar-refractivity contribution in [3.05, 3.63) is 69.2 Å². The van der Waals surface area contributed by atoms with Crippen molar-refractivity contribution < 1.29 is 14.3 Å². The van der Waals surface area contributed by atoms with Gasteiger partial charge in [0, 0.05) is 10.6 Å². The fourth-order valence-electron chi connectivity index (χ4n) is 2.11. The van der Waals surface area contributed by atoms with E-state index >= 15 is 0 Å². The fourth-order valence-corrected chi connectivity index (χ4v) is 2.63. The summed E-state index contributed by atoms with van der Waals surface area (Å²) in [5, 5.41) is 0.672. The van der Waals surface area contributed by atoms with E-state index in [-0.39, 0.29) is 28.4 Å². The molecule has 0 bridgehead atoms. The third-order valence-electron chi connectivity index (χ3n) is 3.55. The Morgan fingerprint density at radius 3 is 2.17 bits per heavy atom. The van der Waals surface area contributed by atoms with Crippen molar-refractivity contribution >= 4 is 35.0 Å². The van der Waals surface area contributed by atoms with Crippen LogP contribution in [0.25, 0.3) is 0 Å². The SMILES string of the molecule is CC(C)(C)c1ccc(C(=O)OCC(=O)c2ccc(Cl)cc2Cl)cc1. The Kier molecular flexibility index (Phi) is 5.68. The van der Waals surface area contributed by atoms with Crippen molar-refractivity contribution in [2.45, 2.75) is 26.2 Å². The van der Waals surface area contributed by atoms with Gasteiger partial charge in [0.2, 0.25) is 5.78 Å². The zero-order valence-electron chi connectivity index (χ0n) is 13.7. The minimum absolute atomic E-state index is 0.00370. The Morgan fingerprint density at radius 2 is 1.62 bits per heavy atom. The molecule has 0 saturated carbocycles. The Labute approximate surface area is 151 Å². The highest BCUT2D eigenvalue weighted by molar-refractivity contribution is 6.36. The number of ether oxygens (including phenoxy) is 1. The van der Waals surface area contributed by atoms with E-state index in [0.29, 0.717) is 10.6 Å². The van der Waals surface area contributed by atoms with Crippen LogP contribution in [0.3, 0.4) is 0 Å². The molecule has 0 unspecified atom stereocenters. The second-order valence-electron chi connectivity index (χ2n) is 6.45. The van der Waals surface area contributed by atoms with Crippen LogP contribution in [0, 0.1) is 0 Å². The number of hydrogen-bond donors (Lipinski definition) is 0. The van der Waals surface area contributed by atoms with Gasteiger partial charge in [0.15, 0.2) is 6.61 Å². The van der Waals surface area contributed by atoms with Crippen LogP contribution < -0.4 is 0 Å². The van der Waals surface area contributed by atoms with Crippen molar-refractivity contribution in [3.63, 3.8) is 0 Å². The van der Waals surface area contributed by atoms with Gasteiger partial charge in [0.25, 0.3) is 0 Å². The number of ketones is 1. The highest BCUT2D eigenvalue weighted by Crippen LogP contribution is 2.23. The Morgan fingerprint density at radius 1 is 1.00 bits per heavy atom. The summed E-state index contributed by atoms with van der Waals surface area (Å²) in [4.78, 5) is 24.1. The summed E-state index contributed by atoms with van der Waals surface area (Å²) in [6.45, 7) is 5.90. The summed E-state index contributed by atoms with van der Waals surface area (Å²) in [6, 6.07) is 11.7. The molecule has 5 heteroatoms. The highest BCUT2D eigenvalue weighted by atomic mass is 35.5. The second kappa shape index (κ2) is 7.37. The molecule has 0 atom stereocenters. The molecule has 0 N–H and O–H groups in total. The van der Waals surface area contributed by atoms with Crippen molar-refractivity contribution in [2.24, 2.45) is 0 Å². The molecule has 0 fully saturated rings. The fraction of sp³-hybridized carbons (Fsp3) is 0.263. The van der Waals surface area contributed by atoms with E-state index in [1.54, 1.807) is 18.2 Å². The topological polar surface area (TPSA) is 43.4 Å². The normalized spacial score (nSPS) is 11.2. The lowest BCUT2D eigenvalue weighted by atomic mass is 9.87. The molecule has 2 aromatic rings. The van der Waals surface area contributed by atoms with Crippen molar-refractivity contribution in [1.29, 1.82) is 0 Å². The second-order valence-corrected chi connectivity index (χ2v) is 7.29. The van der Waals surface area contributed by atoms with Crippen LogP contribution in [0.1, 0.15) is 47.1 Å². The summed E-state index contributed by atoms with van der Waals surface area (Å²) in [7, 11) is 0. The van der Waals surface area contributed by atoms with Gasteiger partial charge in [0.05, 0.1) is 10.6 Å². The zero-order valence-corrected chi connectivity index (χ0v) is 15.2. The molecule has 0 aliphatic heterocycles. The predicted molar refractivity (Wildman–Crippen MR) is 96.2 cm³/mol. The first-order valence-electron chi connectivity index (χ1n) is 7.44. The Balaban J connectivity index is 2.01. The zero-order chi connectivity index (χ0) is 17.9. The van der Waals surface area contributed by atoms with Crippen molar-refractivity contribution in [1.82, 2.24) is 0 Å². The maximum Gasteiger partial charge on any atom is 0.338 e. The van der Waals surface area contributed by atoms with Crippen LogP contribution in [0.5, 0.6) is 0 Å². The molecule has 0 aliphatic rings. The molecular weight excluding hydrogens is 347 g/mol.